The van der Waals surface area contributed by atoms with Crippen molar-refractivity contribution in [1.82, 2.24) is 15.3 Å². The number of fused-ring (bicyclic) bond motifs is 1. The lowest BCUT2D eigenvalue weighted by molar-refractivity contribution is 0.0286. The predicted molar refractivity (Wildman–Crippen MR) is 81.2 cm³/mol. The van der Waals surface area contributed by atoms with Gasteiger partial charge in [-0.15, -0.1) is 0 Å². The van der Waals surface area contributed by atoms with Gasteiger partial charge in [0.05, 0.1) is 0 Å². The van der Waals surface area contributed by atoms with Gasteiger partial charge in [-0.1, -0.05) is 31.5 Å². The molecule has 0 saturated heterocycles. The number of methoxy groups -OCH3 is 1. The van der Waals surface area contributed by atoms with Crippen LogP contribution in [0.25, 0.3) is 0 Å². The lowest BCUT2D eigenvalue weighted by Crippen LogP contribution is -2.27. The van der Waals surface area contributed by atoms with Crippen LogP contribution in [0.5, 0.6) is 0 Å². The van der Waals surface area contributed by atoms with Crippen molar-refractivity contribution in [2.75, 3.05) is 13.7 Å². The molecule has 3 rings (SSSR count). The van der Waals surface area contributed by atoms with Crippen molar-refractivity contribution in [3.05, 3.63) is 21.7 Å². The number of H-pyrrole nitrogens is 1. The van der Waals surface area contributed by atoms with E-state index in [1.807, 2.05) is 0 Å². The molecule has 2 aliphatic rings. The number of hydrogen-bond donors (Lipinski definition) is 2. The summed E-state index contributed by atoms with van der Waals surface area (Å²) in [5.74, 6) is 1.51. The summed E-state index contributed by atoms with van der Waals surface area (Å²) in [6.45, 7) is 1.84. The van der Waals surface area contributed by atoms with Crippen LogP contribution in [0, 0.1) is 10.6 Å². The highest BCUT2D eigenvalue weighted by atomic mass is 32.1. The van der Waals surface area contributed by atoms with Crippen molar-refractivity contribution in [3.8, 4) is 0 Å². The van der Waals surface area contributed by atoms with Crippen LogP contribution in [-0.2, 0) is 17.7 Å². The first-order chi connectivity index (χ1) is 9.79. The van der Waals surface area contributed by atoms with Gasteiger partial charge in [0, 0.05) is 37.9 Å². The lowest BCUT2D eigenvalue weighted by atomic mass is 9.85. The standard InChI is InChI=1S/C15H23N3OS/c1-19-13(10-5-3-2-4-6-10)14-17-12-7-8-16-9-11(12)15(20)18-14/h10,13,16H,2-9H2,1H3,(H,17,18,20). The average molecular weight is 293 g/mol. The molecule has 1 atom stereocenters. The van der Waals surface area contributed by atoms with E-state index in [1.54, 1.807) is 7.11 Å². The third kappa shape index (κ3) is 2.80. The summed E-state index contributed by atoms with van der Waals surface area (Å²) in [4.78, 5) is 8.14. The fourth-order valence-electron chi connectivity index (χ4n) is 3.49. The zero-order valence-corrected chi connectivity index (χ0v) is 12.9. The Labute approximate surface area is 125 Å². The molecule has 0 aromatic carbocycles. The Bertz CT molecular complexity index is 522. The minimum absolute atomic E-state index is 0.0668. The van der Waals surface area contributed by atoms with E-state index in [9.17, 15) is 0 Å². The third-order valence-electron chi connectivity index (χ3n) is 4.58. The van der Waals surface area contributed by atoms with Crippen LogP contribution in [0.15, 0.2) is 0 Å². The van der Waals surface area contributed by atoms with E-state index in [0.717, 1.165) is 35.5 Å². The van der Waals surface area contributed by atoms with Gasteiger partial charge in [-0.25, -0.2) is 4.98 Å². The molecular weight excluding hydrogens is 270 g/mol. The number of nitrogens with zero attached hydrogens (tertiary/aromatic N) is 1. The molecule has 2 N–H and O–H groups in total. The fraction of sp³-hybridized carbons (Fsp3) is 0.733. The molecule has 20 heavy (non-hydrogen) atoms. The molecule has 0 spiro atoms. The Kier molecular flexibility index (Phi) is 4.48. The molecule has 1 fully saturated rings. The van der Waals surface area contributed by atoms with Gasteiger partial charge in [0.2, 0.25) is 0 Å². The van der Waals surface area contributed by atoms with E-state index < -0.39 is 0 Å². The quantitative estimate of drug-likeness (QED) is 0.841. The lowest BCUT2D eigenvalue weighted by Gasteiger charge is -2.29. The van der Waals surface area contributed by atoms with Gasteiger partial charge >= 0.3 is 0 Å². The van der Waals surface area contributed by atoms with Crippen molar-refractivity contribution >= 4 is 12.2 Å². The van der Waals surface area contributed by atoms with Crippen molar-refractivity contribution in [1.29, 1.82) is 0 Å². The largest absolute Gasteiger partial charge is 0.373 e. The van der Waals surface area contributed by atoms with Gasteiger partial charge in [-0.05, 0) is 18.8 Å². The van der Waals surface area contributed by atoms with E-state index in [4.69, 9.17) is 17.0 Å². The molecular formula is C15H23N3OS. The zero-order valence-electron chi connectivity index (χ0n) is 12.1. The maximum Gasteiger partial charge on any atom is 0.137 e. The highest BCUT2D eigenvalue weighted by Gasteiger charge is 2.27. The Hall–Kier alpha value is -0.780. The number of nitrogens with one attached hydrogen (secondary N) is 2. The van der Waals surface area contributed by atoms with Gasteiger partial charge in [-0.3, -0.25) is 0 Å². The van der Waals surface area contributed by atoms with Crippen LogP contribution in [0.1, 0.15) is 55.3 Å². The number of aromatic nitrogens is 2. The highest BCUT2D eigenvalue weighted by Crippen LogP contribution is 2.35. The van der Waals surface area contributed by atoms with Crippen molar-refractivity contribution in [3.63, 3.8) is 0 Å². The second-order valence-electron chi connectivity index (χ2n) is 5.87. The summed E-state index contributed by atoms with van der Waals surface area (Å²) in [5.41, 5.74) is 2.41. The van der Waals surface area contributed by atoms with E-state index in [0.29, 0.717) is 5.92 Å². The minimum Gasteiger partial charge on any atom is -0.373 e. The maximum absolute atomic E-state index is 5.77. The second-order valence-corrected chi connectivity index (χ2v) is 6.25. The van der Waals surface area contributed by atoms with Gasteiger partial charge < -0.3 is 15.0 Å². The molecule has 110 valence electrons. The molecule has 4 nitrogen and oxygen atoms in total. The van der Waals surface area contributed by atoms with Gasteiger partial charge in [0.1, 0.15) is 16.6 Å². The molecule has 1 aromatic rings. The Balaban J connectivity index is 1.91. The fourth-order valence-corrected chi connectivity index (χ4v) is 3.78. The maximum atomic E-state index is 5.77. The van der Waals surface area contributed by atoms with Crippen LogP contribution in [-0.4, -0.2) is 23.6 Å². The van der Waals surface area contributed by atoms with E-state index in [1.165, 1.54) is 37.8 Å². The van der Waals surface area contributed by atoms with Crippen LogP contribution in [0.3, 0.4) is 0 Å². The van der Waals surface area contributed by atoms with Gasteiger partial charge in [0.25, 0.3) is 0 Å². The third-order valence-corrected chi connectivity index (χ3v) is 4.92. The van der Waals surface area contributed by atoms with Gasteiger partial charge in [0.15, 0.2) is 0 Å². The summed E-state index contributed by atoms with van der Waals surface area (Å²) in [5, 5.41) is 3.35. The number of aromatic amines is 1. The summed E-state index contributed by atoms with van der Waals surface area (Å²) in [6, 6.07) is 0. The number of rotatable bonds is 3. The Morgan fingerprint density at radius 1 is 1.30 bits per heavy atom. The molecule has 1 aromatic heterocycles. The van der Waals surface area contributed by atoms with Crippen LogP contribution in [0.2, 0.25) is 0 Å². The van der Waals surface area contributed by atoms with Crippen molar-refractivity contribution in [2.24, 2.45) is 5.92 Å². The minimum atomic E-state index is 0.0668. The Morgan fingerprint density at radius 2 is 2.10 bits per heavy atom. The molecule has 5 heteroatoms. The average Bonchev–Trinajstić information content (AvgIpc) is 2.49. The first-order valence-electron chi connectivity index (χ1n) is 7.65. The van der Waals surface area contributed by atoms with Crippen LogP contribution in [0.4, 0.5) is 0 Å². The molecule has 2 heterocycles. The number of hydrogen-bond acceptors (Lipinski definition) is 4. The molecule has 1 aliphatic heterocycles. The second kappa shape index (κ2) is 6.33. The van der Waals surface area contributed by atoms with Crippen molar-refractivity contribution < 1.29 is 4.74 Å². The molecule has 1 saturated carbocycles. The Morgan fingerprint density at radius 3 is 2.85 bits per heavy atom. The first kappa shape index (κ1) is 14.2. The molecule has 0 amide bonds. The predicted octanol–water partition coefficient (Wildman–Crippen LogP) is 3.05. The molecule has 0 bridgehead atoms. The monoisotopic (exact) mass is 293 g/mol. The summed E-state index contributed by atoms with van der Waals surface area (Å²) < 4.78 is 6.50. The zero-order chi connectivity index (χ0) is 13.9. The van der Waals surface area contributed by atoms with Crippen LogP contribution >= 0.6 is 12.2 Å². The van der Waals surface area contributed by atoms with Crippen LogP contribution < -0.4 is 5.32 Å². The van der Waals surface area contributed by atoms with Crippen molar-refractivity contribution in [2.45, 2.75) is 51.2 Å². The van der Waals surface area contributed by atoms with E-state index >= 15 is 0 Å². The first-order valence-corrected chi connectivity index (χ1v) is 8.06. The normalized spacial score (nSPS) is 21.4. The summed E-state index contributed by atoms with van der Waals surface area (Å²) in [7, 11) is 1.79. The molecule has 1 aliphatic carbocycles. The number of ether oxygens (including phenoxy) is 1. The highest BCUT2D eigenvalue weighted by molar-refractivity contribution is 7.71. The summed E-state index contributed by atoms with van der Waals surface area (Å²) >= 11 is 5.47. The van der Waals surface area contributed by atoms with E-state index in [2.05, 4.69) is 15.3 Å². The summed E-state index contributed by atoms with van der Waals surface area (Å²) in [6.07, 6.45) is 7.50. The van der Waals surface area contributed by atoms with Gasteiger partial charge in [-0.2, -0.15) is 0 Å². The topological polar surface area (TPSA) is 49.9 Å². The molecule has 1 unspecified atom stereocenters. The smallest absolute Gasteiger partial charge is 0.137 e. The molecule has 0 radical (unpaired) electrons. The SMILES string of the molecule is COC(c1nc(=S)c2c([nH]1)CCNC2)C1CCCCC1. The van der Waals surface area contributed by atoms with E-state index in [-0.39, 0.29) is 6.10 Å².